The molecule has 0 aliphatic carbocycles. The molecule has 0 aliphatic heterocycles. The van der Waals surface area contributed by atoms with Crippen molar-refractivity contribution in [3.8, 4) is 11.5 Å². The predicted octanol–water partition coefficient (Wildman–Crippen LogP) is 1.21. The molecule has 0 amide bonds. The summed E-state index contributed by atoms with van der Waals surface area (Å²) in [6, 6.07) is 2.58. The van der Waals surface area contributed by atoms with Gasteiger partial charge in [0.2, 0.25) is 0 Å². The van der Waals surface area contributed by atoms with E-state index in [2.05, 4.69) is 0 Å². The van der Waals surface area contributed by atoms with Gasteiger partial charge in [-0.3, -0.25) is 4.79 Å². The van der Waals surface area contributed by atoms with Crippen LogP contribution >= 0.6 is 0 Å². The van der Waals surface area contributed by atoms with Crippen LogP contribution in [0.1, 0.15) is 20.7 Å². The first-order valence-corrected chi connectivity index (χ1v) is 4.08. The van der Waals surface area contributed by atoms with Gasteiger partial charge in [0, 0.05) is 0 Å². The molecular formula is C10H10O5. The Morgan fingerprint density at radius 3 is 2.27 bits per heavy atom. The number of carbonyl (C=O) groups excluding carboxylic acids is 1. The van der Waals surface area contributed by atoms with Gasteiger partial charge in [0.15, 0.2) is 6.29 Å². The second kappa shape index (κ2) is 4.45. The topological polar surface area (TPSA) is 72.8 Å². The van der Waals surface area contributed by atoms with Crippen LogP contribution in [0, 0.1) is 0 Å². The molecule has 0 heterocycles. The van der Waals surface area contributed by atoms with Crippen LogP contribution in [0.25, 0.3) is 0 Å². The van der Waals surface area contributed by atoms with Crippen molar-refractivity contribution < 1.29 is 24.2 Å². The van der Waals surface area contributed by atoms with E-state index in [-0.39, 0.29) is 22.6 Å². The van der Waals surface area contributed by atoms with Crippen molar-refractivity contribution in [2.45, 2.75) is 0 Å². The highest BCUT2D eigenvalue weighted by molar-refractivity contribution is 5.94. The normalized spacial score (nSPS) is 9.47. The Morgan fingerprint density at radius 2 is 1.87 bits per heavy atom. The van der Waals surface area contributed by atoms with Gasteiger partial charge in [-0.1, -0.05) is 0 Å². The maximum Gasteiger partial charge on any atom is 0.339 e. The number of rotatable bonds is 4. The predicted molar refractivity (Wildman–Crippen MR) is 51.9 cm³/mol. The Labute approximate surface area is 86.2 Å². The minimum atomic E-state index is -1.14. The molecule has 0 saturated carbocycles. The fourth-order valence-electron chi connectivity index (χ4n) is 1.18. The van der Waals surface area contributed by atoms with Crippen LogP contribution in [0.2, 0.25) is 0 Å². The van der Waals surface area contributed by atoms with Gasteiger partial charge in [-0.25, -0.2) is 4.79 Å². The van der Waals surface area contributed by atoms with Crippen molar-refractivity contribution in [2.24, 2.45) is 0 Å². The van der Waals surface area contributed by atoms with Crippen LogP contribution in [0.3, 0.4) is 0 Å². The van der Waals surface area contributed by atoms with Crippen LogP contribution in [0.4, 0.5) is 0 Å². The van der Waals surface area contributed by atoms with Gasteiger partial charge in [0.05, 0.1) is 19.8 Å². The van der Waals surface area contributed by atoms with E-state index in [4.69, 9.17) is 14.6 Å². The third kappa shape index (κ3) is 2.07. The van der Waals surface area contributed by atoms with Crippen molar-refractivity contribution in [1.29, 1.82) is 0 Å². The number of benzene rings is 1. The molecule has 1 N–H and O–H groups in total. The molecule has 80 valence electrons. The zero-order chi connectivity index (χ0) is 11.4. The van der Waals surface area contributed by atoms with Crippen molar-refractivity contribution >= 4 is 12.3 Å². The summed E-state index contributed by atoms with van der Waals surface area (Å²) in [5, 5.41) is 8.86. The Balaban J connectivity index is 3.40. The lowest BCUT2D eigenvalue weighted by molar-refractivity contribution is 0.0692. The molecule has 5 heteroatoms. The van der Waals surface area contributed by atoms with Gasteiger partial charge in [0.25, 0.3) is 0 Å². The SMILES string of the molecule is COc1cc(C(=O)O)c(OC)cc1C=O. The summed E-state index contributed by atoms with van der Waals surface area (Å²) in [5.74, 6) is -0.795. The number of aromatic carboxylic acids is 1. The monoisotopic (exact) mass is 210 g/mol. The number of aldehydes is 1. The van der Waals surface area contributed by atoms with E-state index in [1.165, 1.54) is 26.4 Å². The summed E-state index contributed by atoms with van der Waals surface area (Å²) in [7, 11) is 2.70. The van der Waals surface area contributed by atoms with Crippen molar-refractivity contribution in [2.75, 3.05) is 14.2 Å². The van der Waals surface area contributed by atoms with E-state index in [1.54, 1.807) is 0 Å². The molecule has 1 rings (SSSR count). The third-order valence-electron chi connectivity index (χ3n) is 1.91. The third-order valence-corrected chi connectivity index (χ3v) is 1.91. The molecule has 0 bridgehead atoms. The van der Waals surface area contributed by atoms with E-state index in [0.717, 1.165) is 0 Å². The van der Waals surface area contributed by atoms with Crippen molar-refractivity contribution in [3.63, 3.8) is 0 Å². The van der Waals surface area contributed by atoms with Crippen LogP contribution in [0.5, 0.6) is 11.5 Å². The fraction of sp³-hybridized carbons (Fsp3) is 0.200. The molecule has 0 aromatic heterocycles. The molecule has 5 nitrogen and oxygen atoms in total. The number of carboxylic acid groups (broad SMARTS) is 1. The first-order chi connectivity index (χ1) is 7.13. The lowest BCUT2D eigenvalue weighted by Gasteiger charge is -2.09. The number of carbonyl (C=O) groups is 2. The van der Waals surface area contributed by atoms with Crippen LogP contribution in [0.15, 0.2) is 12.1 Å². The van der Waals surface area contributed by atoms with E-state index in [0.29, 0.717) is 6.29 Å². The fourth-order valence-corrected chi connectivity index (χ4v) is 1.18. The van der Waals surface area contributed by atoms with E-state index < -0.39 is 5.97 Å². The summed E-state index contributed by atoms with van der Waals surface area (Å²) >= 11 is 0. The Bertz CT molecular complexity index is 397. The van der Waals surface area contributed by atoms with Gasteiger partial charge in [0.1, 0.15) is 17.1 Å². The summed E-state index contributed by atoms with van der Waals surface area (Å²) in [6.45, 7) is 0. The van der Waals surface area contributed by atoms with Crippen molar-refractivity contribution in [1.82, 2.24) is 0 Å². The summed E-state index contributed by atoms with van der Waals surface area (Å²) < 4.78 is 9.73. The molecule has 15 heavy (non-hydrogen) atoms. The minimum Gasteiger partial charge on any atom is -0.496 e. The maximum absolute atomic E-state index is 10.8. The molecular weight excluding hydrogens is 200 g/mol. The van der Waals surface area contributed by atoms with Gasteiger partial charge in [-0.15, -0.1) is 0 Å². The van der Waals surface area contributed by atoms with E-state index >= 15 is 0 Å². The second-order valence-corrected chi connectivity index (χ2v) is 2.72. The van der Waals surface area contributed by atoms with Crippen LogP contribution in [-0.2, 0) is 0 Å². The quantitative estimate of drug-likeness (QED) is 0.756. The Morgan fingerprint density at radius 1 is 1.27 bits per heavy atom. The number of hydrogen-bond donors (Lipinski definition) is 1. The van der Waals surface area contributed by atoms with Crippen molar-refractivity contribution in [3.05, 3.63) is 23.3 Å². The molecule has 1 aromatic rings. The number of ether oxygens (including phenoxy) is 2. The lowest BCUT2D eigenvalue weighted by atomic mass is 10.1. The zero-order valence-corrected chi connectivity index (χ0v) is 8.31. The van der Waals surface area contributed by atoms with E-state index in [9.17, 15) is 9.59 Å². The first kappa shape index (κ1) is 11.0. The van der Waals surface area contributed by atoms with Crippen LogP contribution in [-0.4, -0.2) is 31.6 Å². The average Bonchev–Trinajstić information content (AvgIpc) is 2.26. The summed E-state index contributed by atoms with van der Waals surface area (Å²) in [4.78, 5) is 21.5. The van der Waals surface area contributed by atoms with E-state index in [1.807, 2.05) is 0 Å². The van der Waals surface area contributed by atoms with Gasteiger partial charge in [-0.05, 0) is 12.1 Å². The van der Waals surface area contributed by atoms with Gasteiger partial charge >= 0.3 is 5.97 Å². The largest absolute Gasteiger partial charge is 0.496 e. The summed E-state index contributed by atoms with van der Waals surface area (Å²) in [6.07, 6.45) is 0.576. The summed E-state index contributed by atoms with van der Waals surface area (Å²) in [5.41, 5.74) is 0.208. The lowest BCUT2D eigenvalue weighted by Crippen LogP contribution is -2.03. The highest BCUT2D eigenvalue weighted by atomic mass is 16.5. The average molecular weight is 210 g/mol. The zero-order valence-electron chi connectivity index (χ0n) is 8.31. The molecule has 0 fully saturated rings. The Kier molecular flexibility index (Phi) is 3.28. The molecule has 0 spiro atoms. The highest BCUT2D eigenvalue weighted by Crippen LogP contribution is 2.27. The molecule has 1 aromatic carbocycles. The molecule has 0 atom stereocenters. The standard InChI is InChI=1S/C10H10O5/c1-14-8-4-7(10(12)13)9(15-2)3-6(8)5-11/h3-5H,1-2H3,(H,12,13). The van der Waals surface area contributed by atoms with Gasteiger partial charge in [-0.2, -0.15) is 0 Å². The first-order valence-electron chi connectivity index (χ1n) is 4.08. The molecule has 0 radical (unpaired) electrons. The van der Waals surface area contributed by atoms with Gasteiger partial charge < -0.3 is 14.6 Å². The number of hydrogen-bond acceptors (Lipinski definition) is 4. The second-order valence-electron chi connectivity index (χ2n) is 2.72. The number of methoxy groups -OCH3 is 2. The molecule has 0 aliphatic rings. The highest BCUT2D eigenvalue weighted by Gasteiger charge is 2.15. The molecule has 0 unspecified atom stereocenters. The smallest absolute Gasteiger partial charge is 0.339 e. The Hall–Kier alpha value is -2.04. The van der Waals surface area contributed by atoms with Crippen LogP contribution < -0.4 is 9.47 Å². The number of carboxylic acids is 1. The minimum absolute atomic E-state index is 0.0417. The maximum atomic E-state index is 10.8. The molecule has 0 saturated heterocycles.